The van der Waals surface area contributed by atoms with Crippen LogP contribution in [0.5, 0.6) is 5.75 Å². The number of pyridine rings is 1. The monoisotopic (exact) mass is 568 g/mol. The molecule has 2 unspecified atom stereocenters. The molecular formula is C28H32N4O5S2. The van der Waals surface area contributed by atoms with Crippen molar-refractivity contribution in [3.8, 4) is 5.75 Å². The number of thioether (sulfide) groups is 2. The zero-order valence-electron chi connectivity index (χ0n) is 22.1. The molecule has 0 saturated carbocycles. The van der Waals surface area contributed by atoms with Crippen LogP contribution in [0.25, 0.3) is 0 Å². The fraction of sp³-hybridized carbons (Fsp3) is 0.321. The number of rotatable bonds is 10. The lowest BCUT2D eigenvalue weighted by Crippen LogP contribution is -2.69. The van der Waals surface area contributed by atoms with Gasteiger partial charge in [0.15, 0.2) is 0 Å². The van der Waals surface area contributed by atoms with E-state index >= 15 is 0 Å². The molecule has 2 aliphatic heterocycles. The number of aromatic nitrogens is 1. The maximum atomic E-state index is 12.5. The minimum atomic E-state index is -0.670. The number of fused-ring (bicyclic) bond motifs is 1. The highest BCUT2D eigenvalue weighted by molar-refractivity contribution is 8.01. The van der Waals surface area contributed by atoms with Crippen LogP contribution in [-0.4, -0.2) is 71.5 Å². The summed E-state index contributed by atoms with van der Waals surface area (Å²) in [6.07, 6.45) is 5.51. The van der Waals surface area contributed by atoms with Crippen LogP contribution >= 0.6 is 23.5 Å². The number of β-lactam (4-membered cyclic amide) rings is 1. The lowest BCUT2D eigenvalue weighted by Gasteiger charge is -2.49. The Morgan fingerprint density at radius 2 is 2.10 bits per heavy atom. The maximum Gasteiger partial charge on any atom is 0.408 e. The number of carbonyl (C=O) groups excluding carboxylic acids is 3. The van der Waals surface area contributed by atoms with Crippen LogP contribution in [0.4, 0.5) is 4.79 Å². The molecule has 2 N–H and O–H groups in total. The quantitative estimate of drug-likeness (QED) is 0.192. The molecule has 0 bridgehead atoms. The summed E-state index contributed by atoms with van der Waals surface area (Å²) in [6, 6.07) is 9.26. The minimum absolute atomic E-state index is 0.0731. The summed E-state index contributed by atoms with van der Waals surface area (Å²) in [5.74, 6) is 3.72. The molecule has 0 radical (unpaired) electrons. The minimum Gasteiger partial charge on any atom is -0.497 e. The van der Waals surface area contributed by atoms with Crippen molar-refractivity contribution < 1.29 is 23.9 Å². The Kier molecular flexibility index (Phi) is 11.7. The van der Waals surface area contributed by atoms with Gasteiger partial charge in [-0.3, -0.25) is 14.7 Å². The summed E-state index contributed by atoms with van der Waals surface area (Å²) in [7, 11) is 3.64. The second-order valence-corrected chi connectivity index (χ2v) is 10.6. The SMILES string of the molecule is C=CCOC(=O)NC1C(=O)N2C(C=C=O)=C(CSc3ccncc3)CSC12.CNCc1ccc(OC)cc1C. The van der Waals surface area contributed by atoms with E-state index in [1.54, 1.807) is 53.9 Å². The van der Waals surface area contributed by atoms with E-state index in [1.807, 2.05) is 31.3 Å². The first kappa shape index (κ1) is 30.0. The highest BCUT2D eigenvalue weighted by Crippen LogP contribution is 2.41. The second kappa shape index (κ2) is 15.2. The third-order valence-corrected chi connectivity index (χ3v) is 8.31. The summed E-state index contributed by atoms with van der Waals surface area (Å²) >= 11 is 3.15. The smallest absolute Gasteiger partial charge is 0.408 e. The molecule has 39 heavy (non-hydrogen) atoms. The molecule has 0 aliphatic carbocycles. The maximum absolute atomic E-state index is 12.5. The zero-order chi connectivity index (χ0) is 28.2. The van der Waals surface area contributed by atoms with Gasteiger partial charge in [0, 0.05) is 41.4 Å². The molecule has 3 heterocycles. The van der Waals surface area contributed by atoms with E-state index < -0.39 is 12.1 Å². The number of alkyl carbamates (subject to hydrolysis) is 1. The number of aryl methyl sites for hydroxylation is 1. The van der Waals surface area contributed by atoms with Gasteiger partial charge in [0.2, 0.25) is 0 Å². The number of amides is 2. The third-order valence-electron chi connectivity index (χ3n) is 5.87. The molecule has 9 nitrogen and oxygen atoms in total. The summed E-state index contributed by atoms with van der Waals surface area (Å²) in [5.41, 5.74) is 4.13. The first-order valence-corrected chi connectivity index (χ1v) is 14.2. The Hall–Kier alpha value is -3.50. The topological polar surface area (TPSA) is 110 Å². The standard InChI is InChI=1S/C18H17N3O4S2.C10H15NO/c1-2-9-25-18(24)20-15-16(23)21-14(5-8-22)12(11-27-17(15)21)10-26-13-3-6-19-7-4-13;1-8-6-10(12-3)5-4-9(8)7-11-2/h2-7,15,17H,1,9-11H2,(H,20,24);4-6,11H,7H2,1-3H3. The van der Waals surface area contributed by atoms with Gasteiger partial charge in [-0.15, -0.1) is 23.5 Å². The van der Waals surface area contributed by atoms with E-state index in [9.17, 15) is 14.4 Å². The van der Waals surface area contributed by atoms with Crippen molar-refractivity contribution in [3.05, 3.63) is 83.9 Å². The number of hydrogen-bond donors (Lipinski definition) is 2. The van der Waals surface area contributed by atoms with Crippen molar-refractivity contribution >= 4 is 41.5 Å². The number of benzene rings is 1. The summed E-state index contributed by atoms with van der Waals surface area (Å²) in [5, 5.41) is 5.43. The molecule has 2 amide bonds. The van der Waals surface area contributed by atoms with E-state index in [0.717, 1.165) is 22.8 Å². The molecule has 1 fully saturated rings. The van der Waals surface area contributed by atoms with Gasteiger partial charge in [0.25, 0.3) is 5.91 Å². The Labute approximate surface area is 237 Å². The molecule has 4 rings (SSSR count). The Balaban J connectivity index is 0.000000293. The first-order valence-electron chi connectivity index (χ1n) is 12.2. The molecule has 11 heteroatoms. The van der Waals surface area contributed by atoms with Crippen molar-refractivity contribution in [2.24, 2.45) is 0 Å². The van der Waals surface area contributed by atoms with Gasteiger partial charge >= 0.3 is 6.09 Å². The van der Waals surface area contributed by atoms with Crippen molar-refractivity contribution in [2.45, 2.75) is 29.8 Å². The van der Waals surface area contributed by atoms with Gasteiger partial charge in [-0.2, -0.15) is 0 Å². The molecule has 2 aromatic rings. The number of allylic oxidation sites excluding steroid dienone is 1. The number of nitrogens with one attached hydrogen (secondary N) is 2. The van der Waals surface area contributed by atoms with Crippen LogP contribution < -0.4 is 15.4 Å². The van der Waals surface area contributed by atoms with Gasteiger partial charge in [-0.25, -0.2) is 9.59 Å². The Morgan fingerprint density at radius 3 is 2.74 bits per heavy atom. The third kappa shape index (κ3) is 8.00. The summed E-state index contributed by atoms with van der Waals surface area (Å²) in [4.78, 5) is 41.8. The van der Waals surface area contributed by atoms with Gasteiger partial charge in [-0.1, -0.05) is 18.7 Å². The second-order valence-electron chi connectivity index (χ2n) is 8.46. The van der Waals surface area contributed by atoms with Crippen molar-refractivity contribution in [1.82, 2.24) is 20.5 Å². The molecule has 2 atom stereocenters. The lowest BCUT2D eigenvalue weighted by molar-refractivity contribution is -0.142. The van der Waals surface area contributed by atoms with Gasteiger partial charge in [-0.05, 0) is 54.9 Å². The number of hydrogen-bond acceptors (Lipinski definition) is 9. The average Bonchev–Trinajstić information content (AvgIpc) is 2.96. The molecular weight excluding hydrogens is 536 g/mol. The van der Waals surface area contributed by atoms with Gasteiger partial charge in [0.1, 0.15) is 29.7 Å². The van der Waals surface area contributed by atoms with E-state index in [0.29, 0.717) is 17.2 Å². The highest BCUT2D eigenvalue weighted by Gasteiger charge is 2.52. The van der Waals surface area contributed by atoms with Crippen molar-refractivity contribution in [1.29, 1.82) is 0 Å². The number of methoxy groups -OCH3 is 1. The molecule has 206 valence electrons. The molecule has 1 saturated heterocycles. The fourth-order valence-electron chi connectivity index (χ4n) is 3.89. The highest BCUT2D eigenvalue weighted by atomic mass is 32.2. The van der Waals surface area contributed by atoms with Crippen molar-refractivity contribution in [3.63, 3.8) is 0 Å². The van der Waals surface area contributed by atoms with Crippen LogP contribution in [0.2, 0.25) is 0 Å². The van der Waals surface area contributed by atoms with E-state index in [4.69, 9.17) is 9.47 Å². The molecule has 0 spiro atoms. The Morgan fingerprint density at radius 1 is 1.33 bits per heavy atom. The molecule has 1 aromatic heterocycles. The predicted octanol–water partition coefficient (Wildman–Crippen LogP) is 3.73. The molecule has 1 aromatic carbocycles. The van der Waals surface area contributed by atoms with E-state index in [1.165, 1.54) is 23.3 Å². The fourth-order valence-corrected chi connectivity index (χ4v) is 6.29. The van der Waals surface area contributed by atoms with Crippen LogP contribution in [0.1, 0.15) is 11.1 Å². The largest absolute Gasteiger partial charge is 0.497 e. The number of nitrogens with zero attached hydrogens (tertiary/aromatic N) is 2. The number of carbonyl (C=O) groups is 2. The lowest BCUT2D eigenvalue weighted by atomic mass is 10.0. The Bertz CT molecular complexity index is 1250. The van der Waals surface area contributed by atoms with Gasteiger partial charge < -0.3 is 20.1 Å². The average molecular weight is 569 g/mol. The summed E-state index contributed by atoms with van der Waals surface area (Å²) < 4.78 is 9.98. The van der Waals surface area contributed by atoms with E-state index in [2.05, 4.69) is 35.2 Å². The zero-order valence-corrected chi connectivity index (χ0v) is 23.8. The van der Waals surface area contributed by atoms with Crippen LogP contribution in [0, 0.1) is 6.92 Å². The predicted molar refractivity (Wildman–Crippen MR) is 154 cm³/mol. The van der Waals surface area contributed by atoms with E-state index in [-0.39, 0.29) is 17.9 Å². The first-order chi connectivity index (χ1) is 18.9. The van der Waals surface area contributed by atoms with Crippen LogP contribution in [0.15, 0.2) is 77.6 Å². The van der Waals surface area contributed by atoms with Gasteiger partial charge in [0.05, 0.1) is 12.8 Å². The van der Waals surface area contributed by atoms with Crippen LogP contribution in [0.3, 0.4) is 0 Å². The number of ether oxygens (including phenoxy) is 2. The molecule has 2 aliphatic rings. The van der Waals surface area contributed by atoms with Crippen LogP contribution in [-0.2, 0) is 20.9 Å². The summed E-state index contributed by atoms with van der Waals surface area (Å²) in [6.45, 7) is 6.55. The van der Waals surface area contributed by atoms with Crippen molar-refractivity contribution in [2.75, 3.05) is 32.3 Å². The normalized spacial score (nSPS) is 17.5.